The number of rotatable bonds is 4. The molecule has 2 aromatic rings. The second kappa shape index (κ2) is 6.19. The van der Waals surface area contributed by atoms with E-state index in [9.17, 15) is 8.42 Å². The Kier molecular flexibility index (Phi) is 4.37. The summed E-state index contributed by atoms with van der Waals surface area (Å²) in [5.74, 6) is 1.50. The standard InChI is InChI=1S/C14H22N6O3S/c1-10-8-12(23-3)20-13(10)14(16-9-17-20)19-6-4-11(5-7-19)18(2)24(15,21)22/h8-9,11H,4-7H2,1-3H3,(H2,15,21,22). The van der Waals surface area contributed by atoms with E-state index in [1.165, 1.54) is 17.7 Å². The van der Waals surface area contributed by atoms with Crippen molar-refractivity contribution in [3.8, 4) is 5.88 Å². The molecular weight excluding hydrogens is 332 g/mol. The Labute approximate surface area is 141 Å². The van der Waals surface area contributed by atoms with Crippen molar-refractivity contribution in [3.05, 3.63) is 18.0 Å². The SMILES string of the molecule is COc1cc(C)c2c(N3CCC(N(C)S(N)(=O)=O)CC3)ncnn12. The minimum absolute atomic E-state index is 0.0865. The Morgan fingerprint density at radius 1 is 1.38 bits per heavy atom. The zero-order valence-electron chi connectivity index (χ0n) is 14.0. The molecule has 9 nitrogen and oxygen atoms in total. The summed E-state index contributed by atoms with van der Waals surface area (Å²) in [6.07, 6.45) is 2.90. The van der Waals surface area contributed by atoms with E-state index in [4.69, 9.17) is 9.88 Å². The van der Waals surface area contributed by atoms with Crippen LogP contribution in [0.3, 0.4) is 0 Å². The summed E-state index contributed by atoms with van der Waals surface area (Å²) >= 11 is 0. The molecule has 3 heterocycles. The van der Waals surface area contributed by atoms with Crippen LogP contribution in [0.15, 0.2) is 12.4 Å². The third-order valence-corrected chi connectivity index (χ3v) is 5.68. The van der Waals surface area contributed by atoms with Crippen molar-refractivity contribution in [2.75, 3.05) is 32.1 Å². The number of ether oxygens (including phenoxy) is 1. The normalized spacial score (nSPS) is 17.0. The topological polar surface area (TPSA) is 106 Å². The predicted octanol–water partition coefficient (Wildman–Crippen LogP) is 0.150. The first kappa shape index (κ1) is 16.9. The summed E-state index contributed by atoms with van der Waals surface area (Å²) in [4.78, 5) is 6.59. The molecule has 2 N–H and O–H groups in total. The summed E-state index contributed by atoms with van der Waals surface area (Å²) in [5.41, 5.74) is 1.94. The van der Waals surface area contributed by atoms with Crippen LogP contribution >= 0.6 is 0 Å². The van der Waals surface area contributed by atoms with Crippen molar-refractivity contribution < 1.29 is 13.2 Å². The number of nitrogens with two attached hydrogens (primary N) is 1. The van der Waals surface area contributed by atoms with Crippen LogP contribution in [0.5, 0.6) is 5.88 Å². The molecule has 24 heavy (non-hydrogen) atoms. The highest BCUT2D eigenvalue weighted by Gasteiger charge is 2.29. The predicted molar refractivity (Wildman–Crippen MR) is 90.4 cm³/mol. The lowest BCUT2D eigenvalue weighted by molar-refractivity contribution is 0.312. The first-order valence-corrected chi connectivity index (χ1v) is 9.21. The fourth-order valence-electron chi connectivity index (χ4n) is 3.20. The zero-order chi connectivity index (χ0) is 17.5. The molecule has 0 radical (unpaired) electrons. The highest BCUT2D eigenvalue weighted by molar-refractivity contribution is 7.86. The number of aromatic nitrogens is 3. The largest absolute Gasteiger partial charge is 0.481 e. The van der Waals surface area contributed by atoms with E-state index >= 15 is 0 Å². The summed E-state index contributed by atoms with van der Waals surface area (Å²) in [6, 6.07) is 1.84. The molecule has 10 heteroatoms. The van der Waals surface area contributed by atoms with E-state index in [1.807, 2.05) is 13.0 Å². The van der Waals surface area contributed by atoms with E-state index in [0.29, 0.717) is 31.8 Å². The monoisotopic (exact) mass is 354 g/mol. The van der Waals surface area contributed by atoms with Crippen LogP contribution in [0, 0.1) is 6.92 Å². The number of hydrogen-bond donors (Lipinski definition) is 1. The molecule has 0 bridgehead atoms. The molecule has 0 atom stereocenters. The maximum atomic E-state index is 11.5. The van der Waals surface area contributed by atoms with Gasteiger partial charge >= 0.3 is 0 Å². The van der Waals surface area contributed by atoms with Gasteiger partial charge in [0, 0.05) is 32.2 Å². The van der Waals surface area contributed by atoms with Gasteiger partial charge in [0.1, 0.15) is 11.8 Å². The summed E-state index contributed by atoms with van der Waals surface area (Å²) < 4.78 is 31.3. The van der Waals surface area contributed by atoms with Gasteiger partial charge < -0.3 is 9.64 Å². The molecule has 2 aromatic heterocycles. The van der Waals surface area contributed by atoms with Crippen molar-refractivity contribution in [3.63, 3.8) is 0 Å². The van der Waals surface area contributed by atoms with Gasteiger partial charge in [0.25, 0.3) is 10.2 Å². The first-order valence-electron chi connectivity index (χ1n) is 7.71. The Hall–Kier alpha value is -1.91. The zero-order valence-corrected chi connectivity index (χ0v) is 14.8. The van der Waals surface area contributed by atoms with Gasteiger partial charge in [-0.2, -0.15) is 22.3 Å². The molecular formula is C14H22N6O3S. The highest BCUT2D eigenvalue weighted by atomic mass is 32.2. The lowest BCUT2D eigenvalue weighted by Crippen LogP contribution is -2.47. The Balaban J connectivity index is 1.85. The molecule has 1 aliphatic rings. The highest BCUT2D eigenvalue weighted by Crippen LogP contribution is 2.30. The maximum Gasteiger partial charge on any atom is 0.276 e. The van der Waals surface area contributed by atoms with Crippen LogP contribution < -0.4 is 14.8 Å². The van der Waals surface area contributed by atoms with Gasteiger partial charge in [-0.3, -0.25) is 0 Å². The van der Waals surface area contributed by atoms with Crippen molar-refractivity contribution in [1.29, 1.82) is 0 Å². The van der Waals surface area contributed by atoms with E-state index in [1.54, 1.807) is 11.6 Å². The minimum atomic E-state index is -3.66. The minimum Gasteiger partial charge on any atom is -0.481 e. The van der Waals surface area contributed by atoms with Crippen molar-refractivity contribution in [2.24, 2.45) is 5.14 Å². The second-order valence-electron chi connectivity index (χ2n) is 5.99. The van der Waals surface area contributed by atoms with E-state index in [0.717, 1.165) is 16.9 Å². The molecule has 0 unspecified atom stereocenters. The molecule has 0 spiro atoms. The number of aryl methyl sites for hydroxylation is 1. The van der Waals surface area contributed by atoms with Gasteiger partial charge in [-0.15, -0.1) is 0 Å². The van der Waals surface area contributed by atoms with Gasteiger partial charge in [-0.05, 0) is 25.3 Å². The van der Waals surface area contributed by atoms with Crippen LogP contribution in [0.2, 0.25) is 0 Å². The van der Waals surface area contributed by atoms with Crippen LogP contribution in [0.25, 0.3) is 5.52 Å². The average Bonchev–Trinajstić information content (AvgIpc) is 2.90. The van der Waals surface area contributed by atoms with Gasteiger partial charge in [-0.25, -0.2) is 10.1 Å². The molecule has 0 aromatic carbocycles. The Morgan fingerprint density at radius 2 is 2.04 bits per heavy atom. The number of hydrogen-bond acceptors (Lipinski definition) is 6. The first-order chi connectivity index (χ1) is 11.3. The number of fused-ring (bicyclic) bond motifs is 1. The van der Waals surface area contributed by atoms with Crippen LogP contribution in [-0.4, -0.2) is 60.6 Å². The van der Waals surface area contributed by atoms with Gasteiger partial charge in [0.2, 0.25) is 5.88 Å². The maximum absolute atomic E-state index is 11.5. The summed E-state index contributed by atoms with van der Waals surface area (Å²) in [7, 11) is -0.520. The fraction of sp³-hybridized carbons (Fsp3) is 0.571. The fourth-order valence-corrected chi connectivity index (χ4v) is 3.82. The molecule has 0 aliphatic carbocycles. The smallest absolute Gasteiger partial charge is 0.276 e. The molecule has 3 rings (SSSR count). The third-order valence-electron chi connectivity index (χ3n) is 4.58. The van der Waals surface area contributed by atoms with Crippen LogP contribution in [-0.2, 0) is 10.2 Å². The molecule has 1 saturated heterocycles. The Bertz CT molecular complexity index is 842. The molecule has 132 valence electrons. The van der Waals surface area contributed by atoms with Crippen LogP contribution in [0.4, 0.5) is 5.82 Å². The molecule has 1 aliphatic heterocycles. The number of nitrogens with zero attached hydrogens (tertiary/aromatic N) is 5. The summed E-state index contributed by atoms with van der Waals surface area (Å²) in [5, 5.41) is 9.47. The molecule has 0 saturated carbocycles. The van der Waals surface area contributed by atoms with E-state index in [2.05, 4.69) is 15.0 Å². The van der Waals surface area contributed by atoms with Crippen molar-refractivity contribution in [1.82, 2.24) is 18.9 Å². The number of methoxy groups -OCH3 is 1. The lowest BCUT2D eigenvalue weighted by atomic mass is 10.1. The van der Waals surface area contributed by atoms with Crippen molar-refractivity contribution in [2.45, 2.75) is 25.8 Å². The summed E-state index contributed by atoms with van der Waals surface area (Å²) in [6.45, 7) is 3.39. The van der Waals surface area contributed by atoms with Gasteiger partial charge in [-0.1, -0.05) is 0 Å². The van der Waals surface area contributed by atoms with Crippen LogP contribution in [0.1, 0.15) is 18.4 Å². The van der Waals surface area contributed by atoms with Gasteiger partial charge in [0.15, 0.2) is 5.82 Å². The molecule has 0 amide bonds. The number of anilines is 1. The number of piperidine rings is 1. The van der Waals surface area contributed by atoms with Crippen molar-refractivity contribution >= 4 is 21.5 Å². The lowest BCUT2D eigenvalue weighted by Gasteiger charge is -2.36. The second-order valence-corrected chi connectivity index (χ2v) is 7.60. The average molecular weight is 354 g/mol. The van der Waals surface area contributed by atoms with E-state index in [-0.39, 0.29) is 6.04 Å². The quantitative estimate of drug-likeness (QED) is 0.838. The van der Waals surface area contributed by atoms with E-state index < -0.39 is 10.2 Å². The van der Waals surface area contributed by atoms with Gasteiger partial charge in [0.05, 0.1) is 7.11 Å². The third kappa shape index (κ3) is 2.92. The molecule has 1 fully saturated rings. The Morgan fingerprint density at radius 3 is 2.62 bits per heavy atom.